The Hall–Kier alpha value is -1.26. The Balaban J connectivity index is 2.15. The van der Waals surface area contributed by atoms with Crippen molar-refractivity contribution in [1.82, 2.24) is 0 Å². The molecule has 0 bridgehead atoms. The van der Waals surface area contributed by atoms with E-state index in [1.54, 1.807) is 13.0 Å². The molecule has 5 unspecified atom stereocenters. The standard InChI is InChI=1S/C12H18N2O6/c1-6-2-3-7(14(18)19)4-8(6)13-12-11(17)10(16)9(15)5-20-12/h2-4,9-18H,5H2,1H3. The summed E-state index contributed by atoms with van der Waals surface area (Å²) in [5, 5.41) is 50.4. The number of benzene rings is 1. The minimum absolute atomic E-state index is 0.101. The highest BCUT2D eigenvalue weighted by molar-refractivity contribution is 5.57. The molecule has 1 aliphatic rings. The monoisotopic (exact) mass is 286 g/mol. The van der Waals surface area contributed by atoms with Crippen molar-refractivity contribution in [3.8, 4) is 0 Å². The molecule has 1 aliphatic heterocycles. The van der Waals surface area contributed by atoms with E-state index >= 15 is 0 Å². The van der Waals surface area contributed by atoms with Crippen LogP contribution < -0.4 is 10.5 Å². The Morgan fingerprint density at radius 2 is 2.00 bits per heavy atom. The van der Waals surface area contributed by atoms with Crippen LogP contribution in [0.5, 0.6) is 0 Å². The number of rotatable bonds is 3. The van der Waals surface area contributed by atoms with Crippen LogP contribution in [0.15, 0.2) is 18.2 Å². The van der Waals surface area contributed by atoms with Gasteiger partial charge in [-0.1, -0.05) is 6.07 Å². The van der Waals surface area contributed by atoms with E-state index in [1.807, 2.05) is 0 Å². The summed E-state index contributed by atoms with van der Waals surface area (Å²) in [5.41, 5.74) is 1.35. The molecule has 1 aromatic carbocycles. The molecule has 0 spiro atoms. The van der Waals surface area contributed by atoms with Crippen molar-refractivity contribution in [1.29, 1.82) is 0 Å². The maximum absolute atomic E-state index is 10.9. The third-order valence-electron chi connectivity index (χ3n) is 3.28. The van der Waals surface area contributed by atoms with Gasteiger partial charge in [0.2, 0.25) is 0 Å². The average Bonchev–Trinajstić information content (AvgIpc) is 2.41. The van der Waals surface area contributed by atoms with Crippen LogP contribution in [0.3, 0.4) is 0 Å². The highest BCUT2D eigenvalue weighted by atomic mass is 16.8. The lowest BCUT2D eigenvalue weighted by Gasteiger charge is -2.36. The maximum Gasteiger partial charge on any atom is 0.165 e. The van der Waals surface area contributed by atoms with Crippen LogP contribution in [0.2, 0.25) is 0 Å². The summed E-state index contributed by atoms with van der Waals surface area (Å²) in [5.74, 6) is 0. The lowest BCUT2D eigenvalue weighted by atomic mass is 10.0. The molecular weight excluding hydrogens is 268 g/mol. The summed E-state index contributed by atoms with van der Waals surface area (Å²) in [6.07, 6.45) is -4.69. The molecule has 5 atom stereocenters. The van der Waals surface area contributed by atoms with Gasteiger partial charge in [0.1, 0.15) is 18.3 Å². The van der Waals surface area contributed by atoms with Gasteiger partial charge in [0.25, 0.3) is 0 Å². The Morgan fingerprint density at radius 1 is 1.30 bits per heavy atom. The number of anilines is 1. The van der Waals surface area contributed by atoms with Gasteiger partial charge in [-0.15, -0.1) is 0 Å². The number of aliphatic hydroxyl groups excluding tert-OH is 3. The zero-order chi connectivity index (χ0) is 14.9. The highest BCUT2D eigenvalue weighted by Gasteiger charge is 2.37. The topological polar surface area (TPSA) is 130 Å². The van der Waals surface area contributed by atoms with E-state index in [0.717, 1.165) is 5.56 Å². The fraction of sp³-hybridized carbons (Fsp3) is 0.500. The summed E-state index contributed by atoms with van der Waals surface area (Å²) in [6.45, 7) is 1.65. The second-order valence-corrected chi connectivity index (χ2v) is 4.78. The second kappa shape index (κ2) is 6.02. The zero-order valence-corrected chi connectivity index (χ0v) is 10.9. The van der Waals surface area contributed by atoms with E-state index in [9.17, 15) is 20.5 Å². The summed E-state index contributed by atoms with van der Waals surface area (Å²) in [6, 6.07) is 4.52. The minimum Gasteiger partial charge on any atom is -0.595 e. The van der Waals surface area contributed by atoms with E-state index in [2.05, 4.69) is 5.32 Å². The van der Waals surface area contributed by atoms with Crippen LogP contribution in [0.1, 0.15) is 5.56 Å². The first kappa shape index (κ1) is 15.1. The van der Waals surface area contributed by atoms with Crippen molar-refractivity contribution < 1.29 is 30.5 Å². The van der Waals surface area contributed by atoms with Crippen LogP contribution in [-0.4, -0.2) is 51.7 Å². The normalized spacial score (nSPS) is 31.9. The smallest absolute Gasteiger partial charge is 0.165 e. The number of aliphatic hydroxyl groups is 3. The van der Waals surface area contributed by atoms with Gasteiger partial charge in [0, 0.05) is 17.8 Å². The molecule has 2 rings (SSSR count). The predicted octanol–water partition coefficient (Wildman–Crippen LogP) is -1.75. The fourth-order valence-corrected chi connectivity index (χ4v) is 2.00. The molecule has 0 amide bonds. The second-order valence-electron chi connectivity index (χ2n) is 4.78. The van der Waals surface area contributed by atoms with Crippen molar-refractivity contribution in [3.63, 3.8) is 0 Å². The number of nitrogens with one attached hydrogen (secondary N) is 2. The van der Waals surface area contributed by atoms with Crippen LogP contribution in [-0.2, 0) is 4.74 Å². The molecule has 0 radical (unpaired) electrons. The lowest BCUT2D eigenvalue weighted by Crippen LogP contribution is -2.99. The SMILES string of the molecule is Cc1ccc([NH+]([O-])O)cc1NC1OCC(O)C(O)C1O. The van der Waals surface area contributed by atoms with E-state index < -0.39 is 29.8 Å². The molecule has 112 valence electrons. The average molecular weight is 286 g/mol. The van der Waals surface area contributed by atoms with Crippen molar-refractivity contribution in [3.05, 3.63) is 29.0 Å². The Kier molecular flexibility index (Phi) is 4.55. The van der Waals surface area contributed by atoms with Crippen molar-refractivity contribution in [2.24, 2.45) is 0 Å². The fourth-order valence-electron chi connectivity index (χ4n) is 2.00. The molecule has 1 heterocycles. The first-order chi connectivity index (χ1) is 9.40. The van der Waals surface area contributed by atoms with Gasteiger partial charge in [-0.3, -0.25) is 0 Å². The van der Waals surface area contributed by atoms with Crippen molar-refractivity contribution >= 4 is 11.4 Å². The molecule has 1 aromatic rings. The summed E-state index contributed by atoms with van der Waals surface area (Å²) < 4.78 is 5.21. The molecule has 0 aliphatic carbocycles. The zero-order valence-electron chi connectivity index (χ0n) is 10.9. The first-order valence-electron chi connectivity index (χ1n) is 6.16. The Bertz CT molecular complexity index is 469. The molecule has 20 heavy (non-hydrogen) atoms. The van der Waals surface area contributed by atoms with Gasteiger partial charge in [0.05, 0.1) is 6.61 Å². The molecule has 1 saturated heterocycles. The van der Waals surface area contributed by atoms with Gasteiger partial charge in [0.15, 0.2) is 11.9 Å². The summed E-state index contributed by atoms with van der Waals surface area (Å²) in [7, 11) is 0. The number of quaternary nitrogens is 1. The lowest BCUT2D eigenvalue weighted by molar-refractivity contribution is -0.991. The van der Waals surface area contributed by atoms with E-state index in [0.29, 0.717) is 5.69 Å². The van der Waals surface area contributed by atoms with Gasteiger partial charge < -0.3 is 30.6 Å². The largest absolute Gasteiger partial charge is 0.595 e. The molecule has 1 fully saturated rings. The van der Waals surface area contributed by atoms with Crippen LogP contribution in [0, 0.1) is 12.1 Å². The molecule has 0 aromatic heterocycles. The molecule has 0 saturated carbocycles. The summed E-state index contributed by atoms with van der Waals surface area (Å²) >= 11 is 0. The Labute approximate surface area is 115 Å². The number of aryl methyl sites for hydroxylation is 1. The quantitative estimate of drug-likeness (QED) is 0.363. The van der Waals surface area contributed by atoms with E-state index in [1.165, 1.54) is 12.1 Å². The predicted molar refractivity (Wildman–Crippen MR) is 68.3 cm³/mol. The van der Waals surface area contributed by atoms with Crippen LogP contribution >= 0.6 is 0 Å². The number of hydrogen-bond donors (Lipinski definition) is 6. The third-order valence-corrected chi connectivity index (χ3v) is 3.28. The van der Waals surface area contributed by atoms with Gasteiger partial charge in [-0.25, -0.2) is 5.21 Å². The molecule has 6 N–H and O–H groups in total. The molecule has 8 heteroatoms. The Morgan fingerprint density at radius 3 is 2.65 bits per heavy atom. The van der Waals surface area contributed by atoms with Crippen molar-refractivity contribution in [2.75, 3.05) is 11.9 Å². The summed E-state index contributed by atoms with van der Waals surface area (Å²) in [4.78, 5) is 0. The van der Waals surface area contributed by atoms with Crippen LogP contribution in [0.4, 0.5) is 11.4 Å². The van der Waals surface area contributed by atoms with E-state index in [-0.39, 0.29) is 12.3 Å². The van der Waals surface area contributed by atoms with Gasteiger partial charge >= 0.3 is 0 Å². The third kappa shape index (κ3) is 3.07. The van der Waals surface area contributed by atoms with Crippen LogP contribution in [0.25, 0.3) is 0 Å². The van der Waals surface area contributed by atoms with Crippen molar-refractivity contribution in [2.45, 2.75) is 31.5 Å². The molecule has 8 nitrogen and oxygen atoms in total. The number of hydrogen-bond acceptors (Lipinski definition) is 7. The minimum atomic E-state index is -1.32. The highest BCUT2D eigenvalue weighted by Crippen LogP contribution is 2.23. The number of ether oxygens (including phenoxy) is 1. The van der Waals surface area contributed by atoms with Gasteiger partial charge in [-0.2, -0.15) is 5.23 Å². The van der Waals surface area contributed by atoms with E-state index in [4.69, 9.17) is 9.94 Å². The maximum atomic E-state index is 10.9. The van der Waals surface area contributed by atoms with Gasteiger partial charge in [-0.05, 0) is 12.5 Å². The molecular formula is C12H18N2O6. The first-order valence-corrected chi connectivity index (χ1v) is 6.16.